The third-order valence-electron chi connectivity index (χ3n) is 10.7. The van der Waals surface area contributed by atoms with Crippen molar-refractivity contribution in [3.05, 3.63) is 38.0 Å². The van der Waals surface area contributed by atoms with Gasteiger partial charge in [0.05, 0.1) is 38.8 Å². The van der Waals surface area contributed by atoms with Crippen LogP contribution in [0, 0.1) is 0 Å². The molecule has 6 aromatic rings. The quantitative estimate of drug-likeness (QED) is 0.0427. The van der Waals surface area contributed by atoms with Crippen molar-refractivity contribution in [3.63, 3.8) is 0 Å². The molecule has 362 valence electrons. The second-order valence-corrected chi connectivity index (χ2v) is 23.1. The summed E-state index contributed by atoms with van der Waals surface area (Å²) >= 11 is 15.2. The Labute approximate surface area is 389 Å². The molecule has 3 aliphatic rings. The van der Waals surface area contributed by atoms with Crippen LogP contribution >= 0.6 is 20.2 Å². The summed E-state index contributed by atoms with van der Waals surface area (Å²) in [5.41, 5.74) is 18.8. The number of aromatic nitrogens is 12. The maximum absolute atomic E-state index is 11.7. The highest BCUT2D eigenvalue weighted by molar-refractivity contribution is 8.07. The highest BCUT2D eigenvalue weighted by atomic mass is 32.5. The number of ether oxygens (including phenoxy) is 3. The highest BCUT2D eigenvalue weighted by Gasteiger charge is 2.52. The summed E-state index contributed by atoms with van der Waals surface area (Å²) in [6.45, 7) is -15.2. The number of rotatable bonds is 16. The number of aliphatic hydroxyl groups is 4. The number of nitrogen functional groups attached to an aromatic ring is 3. The lowest BCUT2D eigenvalue weighted by molar-refractivity contribution is -0.0588. The molecule has 3 fully saturated rings. The van der Waals surface area contributed by atoms with Crippen molar-refractivity contribution in [2.75, 3.05) is 37.0 Å². The normalized spacial score (nSPS) is 31.0. The van der Waals surface area contributed by atoms with Crippen molar-refractivity contribution in [2.24, 2.45) is 0 Å². The largest absolute Gasteiger partial charge is 0.387 e. The van der Waals surface area contributed by atoms with Gasteiger partial charge in [-0.15, -0.1) is 0 Å². The average molecular weight is 1050 g/mol. The Balaban J connectivity index is 0.918. The number of aliphatic hydroxyl groups excluding tert-OH is 4. The zero-order chi connectivity index (χ0) is 47.7. The van der Waals surface area contributed by atoms with Gasteiger partial charge in [0.1, 0.15) is 90.5 Å². The average Bonchev–Trinajstić information content (AvgIpc) is 4.13. The van der Waals surface area contributed by atoms with E-state index in [2.05, 4.69) is 56.7 Å². The summed E-state index contributed by atoms with van der Waals surface area (Å²) in [6.07, 6.45) is -10.7. The molecule has 9 rings (SSSR count). The molecule has 0 aromatic carbocycles. The van der Waals surface area contributed by atoms with Crippen LogP contribution in [0.15, 0.2) is 38.0 Å². The summed E-state index contributed by atoms with van der Waals surface area (Å²) in [5.74, 6) is 0.0688. The Morgan fingerprint density at radius 3 is 1.22 bits per heavy atom. The Kier molecular flexibility index (Phi) is 13.4. The summed E-state index contributed by atoms with van der Waals surface area (Å²) in [4.78, 5) is 79.0. The van der Waals surface area contributed by atoms with E-state index in [0.717, 1.165) is 12.7 Å². The lowest BCUT2D eigenvalue weighted by Crippen LogP contribution is -2.37. The van der Waals surface area contributed by atoms with Crippen LogP contribution in [-0.2, 0) is 72.2 Å². The molecule has 0 spiro atoms. The summed E-state index contributed by atoms with van der Waals surface area (Å²) in [5, 5.41) is 44.9. The Morgan fingerprint density at radius 1 is 0.493 bits per heavy atom. The number of anilines is 3. The molecule has 14 atom stereocenters. The van der Waals surface area contributed by atoms with Crippen LogP contribution in [-0.4, -0.2) is 173 Å². The second-order valence-electron chi connectivity index (χ2n) is 14.9. The Hall–Kier alpha value is -3.64. The molecule has 37 heteroatoms. The lowest BCUT2D eigenvalue weighted by atomic mass is 10.1. The lowest BCUT2D eigenvalue weighted by Gasteiger charge is -2.27. The fraction of sp³-hybridized carbons (Fsp3) is 0.500. The number of hydrogen-bond donors (Lipinski definition) is 11. The van der Waals surface area contributed by atoms with Gasteiger partial charge in [-0.05, 0) is 35.4 Å². The first kappa shape index (κ1) is 48.4. The van der Waals surface area contributed by atoms with Crippen LogP contribution in [0.4, 0.5) is 17.5 Å². The van der Waals surface area contributed by atoms with E-state index in [9.17, 15) is 40.0 Å². The van der Waals surface area contributed by atoms with Gasteiger partial charge in [0, 0.05) is 0 Å². The highest BCUT2D eigenvalue weighted by Crippen LogP contribution is 2.53. The number of nitrogens with zero attached hydrogens (tertiary/aromatic N) is 12. The first-order chi connectivity index (χ1) is 31.7. The minimum absolute atomic E-state index is 0.00736. The Morgan fingerprint density at radius 2 is 0.836 bits per heavy atom. The van der Waals surface area contributed by atoms with Crippen molar-refractivity contribution >= 4 is 107 Å². The molecule has 6 aromatic heterocycles. The van der Waals surface area contributed by atoms with Crippen LogP contribution in [0.5, 0.6) is 0 Å². The SMILES string of the molecule is Nc1ncnc2c1ncn2C1OC(COP(O)(=S)OC2C(O)C(COP(O)(=S)OC3C(O)C(COP(O)(O)=S)OC3n3cnc4c(N)ncnc43)OC2n2cnc3c(N)ncnc32)C(O)C1O. The van der Waals surface area contributed by atoms with Crippen molar-refractivity contribution in [2.45, 2.75) is 73.6 Å². The summed E-state index contributed by atoms with van der Waals surface area (Å²) in [7, 11) is 0. The van der Waals surface area contributed by atoms with E-state index >= 15 is 0 Å². The number of imidazole rings is 3. The molecule has 0 saturated carbocycles. The van der Waals surface area contributed by atoms with Gasteiger partial charge in [-0.1, -0.05) is 0 Å². The van der Waals surface area contributed by atoms with Crippen LogP contribution < -0.4 is 17.2 Å². The van der Waals surface area contributed by atoms with E-state index in [4.69, 9.17) is 77.6 Å². The molecule has 0 bridgehead atoms. The third kappa shape index (κ3) is 9.66. The van der Waals surface area contributed by atoms with E-state index in [-0.39, 0.29) is 50.9 Å². The van der Waals surface area contributed by atoms with Gasteiger partial charge < -0.3 is 85.0 Å². The molecule has 14 N–H and O–H groups in total. The van der Waals surface area contributed by atoms with E-state index in [1.54, 1.807) is 0 Å². The zero-order valence-corrected chi connectivity index (χ0v) is 38.7. The summed E-state index contributed by atoms with van der Waals surface area (Å²) in [6, 6.07) is 0. The van der Waals surface area contributed by atoms with Gasteiger partial charge in [-0.2, -0.15) is 0 Å². The molecule has 31 nitrogen and oxygen atoms in total. The smallest absolute Gasteiger partial charge is 0.325 e. The van der Waals surface area contributed by atoms with Gasteiger partial charge in [0.25, 0.3) is 0 Å². The predicted molar refractivity (Wildman–Crippen MR) is 234 cm³/mol. The third-order valence-corrected chi connectivity index (χ3v) is 14.6. The molecule has 0 amide bonds. The Bertz CT molecular complexity index is 2950. The number of nitrogens with two attached hydrogens (primary N) is 3. The van der Waals surface area contributed by atoms with Gasteiger partial charge in [0.2, 0.25) is 0 Å². The van der Waals surface area contributed by atoms with Crippen molar-refractivity contribution in [3.8, 4) is 0 Å². The van der Waals surface area contributed by atoms with E-state index in [1.807, 2.05) is 0 Å². The topological polar surface area (TPSA) is 445 Å². The molecule has 3 aliphatic heterocycles. The van der Waals surface area contributed by atoms with Crippen molar-refractivity contribution in [1.29, 1.82) is 0 Å². The molecular weight excluding hydrogens is 1020 g/mol. The first-order valence-electron chi connectivity index (χ1n) is 19.2. The van der Waals surface area contributed by atoms with Crippen molar-refractivity contribution in [1.82, 2.24) is 58.6 Å². The van der Waals surface area contributed by atoms with Crippen LogP contribution in [0.3, 0.4) is 0 Å². The molecule has 14 unspecified atom stereocenters. The second kappa shape index (κ2) is 18.6. The molecule has 3 saturated heterocycles. The summed E-state index contributed by atoms with van der Waals surface area (Å²) < 4.78 is 49.8. The van der Waals surface area contributed by atoms with Crippen molar-refractivity contribution < 1.29 is 76.8 Å². The zero-order valence-electron chi connectivity index (χ0n) is 33.5. The molecule has 9 heterocycles. The maximum Gasteiger partial charge on any atom is 0.325 e. The van der Waals surface area contributed by atoms with E-state index in [0.29, 0.717) is 0 Å². The monoisotopic (exact) mass is 1050 g/mol. The van der Waals surface area contributed by atoms with Crippen LogP contribution in [0.25, 0.3) is 33.5 Å². The molecule has 67 heavy (non-hydrogen) atoms. The molecular formula is C30H38N15O16P3S3. The first-order valence-corrected chi connectivity index (χ1v) is 27.0. The van der Waals surface area contributed by atoms with Gasteiger partial charge in [0.15, 0.2) is 53.1 Å². The fourth-order valence-corrected chi connectivity index (χ4v) is 10.9. The van der Waals surface area contributed by atoms with Gasteiger partial charge in [-0.3, -0.25) is 22.7 Å². The maximum atomic E-state index is 11.7. The standard InChI is InChI=1S/C30H38N15O16P3S3/c31-22-13-25(37-4-34-22)43(7-40-13)28-19(49)16(46)10(57-28)2-55-63(52,66)61-21-18(48)12(59-30(21)45-9-42-15-24(33)36-6-39-27(15)45)3-56-64(53,67)60-20-17(47)11(1-54-62(50,51)65)58-29(20)44-8-41-14-23(32)35-5-38-26(14)44/h4-12,16-21,28-30,46-49H,1-3H2,(H,52,66)(H,53,67)(H2,31,34,37)(H2,32,35,38)(H2,33,36,39)(H2,50,51,65). The van der Waals surface area contributed by atoms with E-state index < -0.39 is 114 Å². The van der Waals surface area contributed by atoms with E-state index in [1.165, 1.54) is 39.0 Å². The predicted octanol–water partition coefficient (Wildman–Crippen LogP) is -3.15. The number of hydrogen-bond acceptors (Lipinski definition) is 27. The fourth-order valence-electron chi connectivity index (χ4n) is 7.53. The van der Waals surface area contributed by atoms with Crippen LogP contribution in [0.1, 0.15) is 18.7 Å². The minimum Gasteiger partial charge on any atom is -0.387 e. The molecule has 0 radical (unpaired) electrons. The van der Waals surface area contributed by atoms with Crippen LogP contribution in [0.2, 0.25) is 0 Å². The van der Waals surface area contributed by atoms with Gasteiger partial charge in [-0.25, -0.2) is 44.9 Å². The van der Waals surface area contributed by atoms with Gasteiger partial charge >= 0.3 is 20.2 Å². The molecule has 0 aliphatic carbocycles. The minimum atomic E-state index is -4.51. The number of fused-ring (bicyclic) bond motifs is 3.